The predicted molar refractivity (Wildman–Crippen MR) is 129 cm³/mol. The van der Waals surface area contributed by atoms with Gasteiger partial charge in [-0.15, -0.1) is 0 Å². The van der Waals surface area contributed by atoms with Gasteiger partial charge in [0, 0.05) is 23.4 Å². The molecule has 10 heteroatoms. The van der Waals surface area contributed by atoms with Crippen LogP contribution in [0.25, 0.3) is 5.57 Å². The normalized spacial score (nSPS) is 16.4. The van der Waals surface area contributed by atoms with E-state index in [4.69, 9.17) is 27.9 Å². The minimum absolute atomic E-state index is 0.0475. The van der Waals surface area contributed by atoms with Crippen LogP contribution in [-0.4, -0.2) is 36.2 Å². The lowest BCUT2D eigenvalue weighted by atomic mass is 9.94. The van der Waals surface area contributed by atoms with E-state index >= 15 is 0 Å². The molecule has 2 aromatic heterocycles. The highest BCUT2D eigenvalue weighted by Crippen LogP contribution is 2.44. The summed E-state index contributed by atoms with van der Waals surface area (Å²) in [6, 6.07) is 6.88. The predicted octanol–water partition coefficient (Wildman–Crippen LogP) is 6.14. The van der Waals surface area contributed by atoms with E-state index in [9.17, 15) is 4.79 Å². The zero-order chi connectivity index (χ0) is 24.1. The molecule has 1 atom stereocenters. The Labute approximate surface area is 202 Å². The smallest absolute Gasteiger partial charge is 0.420 e. The fourth-order valence-electron chi connectivity index (χ4n) is 3.93. The van der Waals surface area contributed by atoms with Crippen LogP contribution in [0.5, 0.6) is 0 Å². The molecule has 8 nitrogen and oxygen atoms in total. The molecule has 0 bridgehead atoms. The van der Waals surface area contributed by atoms with Crippen molar-refractivity contribution in [3.05, 3.63) is 63.9 Å². The van der Waals surface area contributed by atoms with Crippen molar-refractivity contribution in [1.82, 2.24) is 24.5 Å². The molecular formula is C23H26Cl2N6O2. The molecule has 0 unspecified atom stereocenters. The van der Waals surface area contributed by atoms with E-state index in [0.29, 0.717) is 27.4 Å². The van der Waals surface area contributed by atoms with Crippen LogP contribution in [0, 0.1) is 0 Å². The first-order chi connectivity index (χ1) is 15.5. The summed E-state index contributed by atoms with van der Waals surface area (Å²) in [7, 11) is 0. The Morgan fingerprint density at radius 1 is 1.12 bits per heavy atom. The highest BCUT2D eigenvalue weighted by Gasteiger charge is 2.39. The van der Waals surface area contributed by atoms with E-state index in [-0.39, 0.29) is 6.04 Å². The highest BCUT2D eigenvalue weighted by molar-refractivity contribution is 6.42. The van der Waals surface area contributed by atoms with E-state index in [2.05, 4.69) is 15.2 Å². The van der Waals surface area contributed by atoms with Gasteiger partial charge in [0.25, 0.3) is 0 Å². The largest absolute Gasteiger partial charge is 0.443 e. The molecule has 1 aliphatic heterocycles. The number of carbonyl (C=O) groups is 1. The van der Waals surface area contributed by atoms with Gasteiger partial charge in [-0.3, -0.25) is 0 Å². The van der Waals surface area contributed by atoms with Crippen LogP contribution >= 0.6 is 23.2 Å². The van der Waals surface area contributed by atoms with Crippen molar-refractivity contribution in [3.63, 3.8) is 0 Å². The Kier molecular flexibility index (Phi) is 6.01. The number of halogens is 2. The number of hydrogen-bond acceptors (Lipinski definition) is 5. The van der Waals surface area contributed by atoms with Crippen LogP contribution in [0.1, 0.15) is 65.0 Å². The molecule has 0 N–H and O–H groups in total. The molecule has 3 heterocycles. The van der Waals surface area contributed by atoms with Gasteiger partial charge in [-0.1, -0.05) is 29.3 Å². The second kappa shape index (κ2) is 8.50. The first kappa shape index (κ1) is 23.3. The monoisotopic (exact) mass is 488 g/mol. The number of benzene rings is 1. The molecule has 0 fully saturated rings. The van der Waals surface area contributed by atoms with E-state index in [1.165, 1.54) is 11.2 Å². The molecule has 33 heavy (non-hydrogen) atoms. The summed E-state index contributed by atoms with van der Waals surface area (Å²) in [5, 5.41) is 9.87. The molecule has 0 aliphatic carbocycles. The number of allylic oxidation sites excluding steroid dienone is 2. The van der Waals surface area contributed by atoms with Crippen molar-refractivity contribution >= 4 is 40.7 Å². The standard InChI is InChI=1S/C23H26Cl2N6O2/c1-13(2)30-21(26-12-28-30)19-14(3)29(22(32)33-23(4,5)6)18-9-10-27-31(18)20(19)15-7-8-16(24)17(25)11-15/h7-13,20H,1-6H3/t20-/m1/s1. The van der Waals surface area contributed by atoms with Crippen molar-refractivity contribution < 1.29 is 9.53 Å². The number of fused-ring (bicyclic) bond motifs is 1. The number of nitrogens with zero attached hydrogens (tertiary/aromatic N) is 6. The summed E-state index contributed by atoms with van der Waals surface area (Å²) in [5.74, 6) is 1.21. The average Bonchev–Trinajstić information content (AvgIpc) is 3.37. The summed E-state index contributed by atoms with van der Waals surface area (Å²) in [5.41, 5.74) is 1.62. The van der Waals surface area contributed by atoms with Crippen LogP contribution in [0.3, 0.4) is 0 Å². The van der Waals surface area contributed by atoms with Crippen LogP contribution in [0.2, 0.25) is 10.0 Å². The summed E-state index contributed by atoms with van der Waals surface area (Å²) in [6.07, 6.45) is 2.67. The molecule has 3 aromatic rings. The number of rotatable bonds is 3. The second-order valence-corrected chi connectivity index (χ2v) is 9.96. The molecule has 0 spiro atoms. The van der Waals surface area contributed by atoms with E-state index in [1.54, 1.807) is 23.0 Å². The maximum atomic E-state index is 13.3. The van der Waals surface area contributed by atoms with Gasteiger partial charge in [-0.05, 0) is 59.2 Å². The van der Waals surface area contributed by atoms with Crippen molar-refractivity contribution in [2.75, 3.05) is 4.90 Å². The third kappa shape index (κ3) is 4.25. The Morgan fingerprint density at radius 2 is 1.85 bits per heavy atom. The van der Waals surface area contributed by atoms with Crippen molar-refractivity contribution in [2.45, 2.75) is 59.2 Å². The van der Waals surface area contributed by atoms with Gasteiger partial charge in [-0.2, -0.15) is 10.2 Å². The molecule has 1 amide bonds. The average molecular weight is 489 g/mol. The SMILES string of the molecule is CC1=C(c2ncnn2C(C)C)[C@@H](c2ccc(Cl)c(Cl)c2)n2nccc2N1C(=O)OC(C)(C)C. The number of anilines is 1. The minimum Gasteiger partial charge on any atom is -0.443 e. The topological polar surface area (TPSA) is 78.1 Å². The molecule has 1 aliphatic rings. The van der Waals surface area contributed by atoms with Gasteiger partial charge in [-0.25, -0.2) is 24.0 Å². The number of ether oxygens (including phenoxy) is 1. The minimum atomic E-state index is -0.666. The van der Waals surface area contributed by atoms with Crippen LogP contribution in [-0.2, 0) is 4.74 Å². The lowest BCUT2D eigenvalue weighted by Crippen LogP contribution is -2.41. The second-order valence-electron chi connectivity index (χ2n) is 9.15. The number of aromatic nitrogens is 5. The van der Waals surface area contributed by atoms with Crippen molar-refractivity contribution in [3.8, 4) is 0 Å². The van der Waals surface area contributed by atoms with Crippen LogP contribution in [0.4, 0.5) is 10.6 Å². The number of amides is 1. The Balaban J connectivity index is 1.99. The highest BCUT2D eigenvalue weighted by atomic mass is 35.5. The Morgan fingerprint density at radius 3 is 2.48 bits per heavy atom. The lowest BCUT2D eigenvalue weighted by Gasteiger charge is -2.36. The Hall–Kier alpha value is -2.84. The van der Waals surface area contributed by atoms with Crippen LogP contribution < -0.4 is 4.90 Å². The fourth-order valence-corrected chi connectivity index (χ4v) is 4.24. The van der Waals surface area contributed by atoms with E-state index < -0.39 is 17.7 Å². The molecule has 1 aromatic carbocycles. The van der Waals surface area contributed by atoms with Gasteiger partial charge in [0.05, 0.1) is 16.2 Å². The summed E-state index contributed by atoms with van der Waals surface area (Å²) >= 11 is 12.6. The third-order valence-corrected chi connectivity index (χ3v) is 6.00. The van der Waals surface area contributed by atoms with Gasteiger partial charge in [0.15, 0.2) is 5.82 Å². The van der Waals surface area contributed by atoms with Crippen molar-refractivity contribution in [2.24, 2.45) is 0 Å². The fraction of sp³-hybridized carbons (Fsp3) is 0.391. The molecule has 174 valence electrons. The quantitative estimate of drug-likeness (QED) is 0.442. The molecule has 0 radical (unpaired) electrons. The number of carbonyl (C=O) groups excluding carboxylic acids is 1. The third-order valence-electron chi connectivity index (χ3n) is 5.26. The van der Waals surface area contributed by atoms with Gasteiger partial charge >= 0.3 is 6.09 Å². The molecule has 0 saturated carbocycles. The zero-order valence-electron chi connectivity index (χ0n) is 19.4. The maximum absolute atomic E-state index is 13.3. The first-order valence-electron chi connectivity index (χ1n) is 10.6. The maximum Gasteiger partial charge on any atom is 0.420 e. The molecular weight excluding hydrogens is 463 g/mol. The first-order valence-corrected chi connectivity index (χ1v) is 11.4. The zero-order valence-corrected chi connectivity index (χ0v) is 20.9. The molecule has 0 saturated heterocycles. The number of hydrogen-bond donors (Lipinski definition) is 0. The summed E-state index contributed by atoms with van der Waals surface area (Å²) in [4.78, 5) is 19.4. The van der Waals surface area contributed by atoms with Gasteiger partial charge in [0.2, 0.25) is 0 Å². The van der Waals surface area contributed by atoms with Crippen molar-refractivity contribution in [1.29, 1.82) is 0 Å². The van der Waals surface area contributed by atoms with Gasteiger partial charge in [0.1, 0.15) is 23.8 Å². The lowest BCUT2D eigenvalue weighted by molar-refractivity contribution is 0.0589. The summed E-state index contributed by atoms with van der Waals surface area (Å²) in [6.45, 7) is 11.4. The van der Waals surface area contributed by atoms with E-state index in [0.717, 1.165) is 11.1 Å². The van der Waals surface area contributed by atoms with E-state index in [1.807, 2.05) is 58.4 Å². The molecule has 4 rings (SSSR count). The van der Waals surface area contributed by atoms with Gasteiger partial charge < -0.3 is 4.74 Å². The Bertz CT molecular complexity index is 1240. The van der Waals surface area contributed by atoms with Crippen LogP contribution in [0.15, 0.2) is 42.5 Å². The summed E-state index contributed by atoms with van der Waals surface area (Å²) < 4.78 is 9.32.